The van der Waals surface area contributed by atoms with Crippen LogP contribution in [0.25, 0.3) is 0 Å². The summed E-state index contributed by atoms with van der Waals surface area (Å²) in [5, 5.41) is 18.0. The van der Waals surface area contributed by atoms with Crippen LogP contribution in [-0.4, -0.2) is 34.0 Å². The maximum absolute atomic E-state index is 12.2. The van der Waals surface area contributed by atoms with Gasteiger partial charge in [-0.15, -0.1) is 0 Å². The Morgan fingerprint density at radius 1 is 0.952 bits per heavy atom. The molecule has 108 valence electrons. The van der Waals surface area contributed by atoms with E-state index in [0.717, 1.165) is 5.56 Å². The molecule has 0 spiro atoms. The van der Waals surface area contributed by atoms with E-state index in [1.165, 1.54) is 29.2 Å². The normalized spacial score (nSPS) is 10.1. The van der Waals surface area contributed by atoms with Crippen LogP contribution in [0.1, 0.15) is 26.3 Å². The zero-order valence-electron chi connectivity index (χ0n) is 11.5. The number of hydrogen-bond acceptors (Lipinski definition) is 3. The van der Waals surface area contributed by atoms with Crippen molar-refractivity contribution in [1.82, 2.24) is 4.90 Å². The summed E-state index contributed by atoms with van der Waals surface area (Å²) < 4.78 is 0. The molecule has 0 bridgehead atoms. The van der Waals surface area contributed by atoms with Crippen molar-refractivity contribution in [3.8, 4) is 5.75 Å². The maximum Gasteiger partial charge on any atom is 0.335 e. The summed E-state index contributed by atoms with van der Waals surface area (Å²) in [6.45, 7) is 0.375. The molecule has 2 N–H and O–H groups in total. The Balaban J connectivity index is 2.06. The lowest BCUT2D eigenvalue weighted by molar-refractivity contribution is 0.0695. The van der Waals surface area contributed by atoms with Crippen LogP contribution in [0.3, 0.4) is 0 Å². The number of benzene rings is 2. The van der Waals surface area contributed by atoms with E-state index in [9.17, 15) is 14.7 Å². The first kappa shape index (κ1) is 14.6. The van der Waals surface area contributed by atoms with E-state index < -0.39 is 5.97 Å². The van der Waals surface area contributed by atoms with Crippen molar-refractivity contribution < 1.29 is 19.8 Å². The molecule has 2 rings (SSSR count). The van der Waals surface area contributed by atoms with Crippen LogP contribution in [0.2, 0.25) is 0 Å². The average Bonchev–Trinajstić information content (AvgIpc) is 2.47. The second-order valence-electron chi connectivity index (χ2n) is 4.71. The number of aromatic hydroxyl groups is 1. The van der Waals surface area contributed by atoms with Gasteiger partial charge in [-0.2, -0.15) is 0 Å². The molecular formula is C16H15NO4. The number of rotatable bonds is 4. The molecule has 0 unspecified atom stereocenters. The third kappa shape index (κ3) is 3.60. The zero-order valence-corrected chi connectivity index (χ0v) is 11.5. The molecular weight excluding hydrogens is 270 g/mol. The highest BCUT2D eigenvalue weighted by Crippen LogP contribution is 2.13. The number of hydrogen-bond donors (Lipinski definition) is 2. The number of phenolic OH excluding ortho intramolecular Hbond substituents is 1. The molecule has 2 aromatic carbocycles. The molecule has 0 fully saturated rings. The van der Waals surface area contributed by atoms with E-state index in [4.69, 9.17) is 5.11 Å². The van der Waals surface area contributed by atoms with Crippen LogP contribution >= 0.6 is 0 Å². The van der Waals surface area contributed by atoms with Gasteiger partial charge in [-0.1, -0.05) is 12.1 Å². The minimum Gasteiger partial charge on any atom is -0.508 e. The summed E-state index contributed by atoms with van der Waals surface area (Å²) in [7, 11) is 1.67. The first-order chi connectivity index (χ1) is 9.97. The molecule has 0 aliphatic heterocycles. The number of carbonyl (C=O) groups excluding carboxylic acids is 1. The van der Waals surface area contributed by atoms with Crippen LogP contribution < -0.4 is 0 Å². The second-order valence-corrected chi connectivity index (χ2v) is 4.71. The first-order valence-corrected chi connectivity index (χ1v) is 6.34. The average molecular weight is 285 g/mol. The fourth-order valence-corrected chi connectivity index (χ4v) is 1.92. The fraction of sp³-hybridized carbons (Fsp3) is 0.125. The Hall–Kier alpha value is -2.82. The lowest BCUT2D eigenvalue weighted by Gasteiger charge is -2.17. The van der Waals surface area contributed by atoms with Gasteiger partial charge in [-0.05, 0) is 42.0 Å². The molecule has 1 amide bonds. The van der Waals surface area contributed by atoms with Gasteiger partial charge in [0.2, 0.25) is 0 Å². The van der Waals surface area contributed by atoms with Gasteiger partial charge in [0.05, 0.1) is 5.56 Å². The van der Waals surface area contributed by atoms with Gasteiger partial charge in [0.25, 0.3) is 5.91 Å². The van der Waals surface area contributed by atoms with Crippen LogP contribution in [0.4, 0.5) is 0 Å². The number of carbonyl (C=O) groups is 2. The van der Waals surface area contributed by atoms with Crippen molar-refractivity contribution in [2.24, 2.45) is 0 Å². The quantitative estimate of drug-likeness (QED) is 0.904. The smallest absolute Gasteiger partial charge is 0.335 e. The highest BCUT2D eigenvalue weighted by atomic mass is 16.4. The molecule has 21 heavy (non-hydrogen) atoms. The van der Waals surface area contributed by atoms with Gasteiger partial charge in [-0.25, -0.2) is 4.79 Å². The number of carboxylic acids is 1. The van der Waals surface area contributed by atoms with Crippen molar-refractivity contribution in [3.63, 3.8) is 0 Å². The minimum atomic E-state index is -0.977. The van der Waals surface area contributed by atoms with Gasteiger partial charge in [0, 0.05) is 19.2 Å². The van der Waals surface area contributed by atoms with Crippen molar-refractivity contribution in [2.75, 3.05) is 7.05 Å². The van der Waals surface area contributed by atoms with E-state index in [0.29, 0.717) is 12.1 Å². The predicted octanol–water partition coefficient (Wildman–Crippen LogP) is 2.36. The third-order valence-corrected chi connectivity index (χ3v) is 3.08. The number of aromatic carboxylic acids is 1. The second kappa shape index (κ2) is 6.09. The Morgan fingerprint density at radius 2 is 1.48 bits per heavy atom. The van der Waals surface area contributed by atoms with E-state index in [1.54, 1.807) is 31.3 Å². The zero-order chi connectivity index (χ0) is 15.4. The number of nitrogens with zero attached hydrogens (tertiary/aromatic N) is 1. The maximum atomic E-state index is 12.2. The van der Waals surface area contributed by atoms with E-state index in [-0.39, 0.29) is 17.2 Å². The summed E-state index contributed by atoms with van der Waals surface area (Å²) in [4.78, 5) is 24.5. The molecule has 0 aliphatic carbocycles. The van der Waals surface area contributed by atoms with Gasteiger partial charge >= 0.3 is 5.97 Å². The Morgan fingerprint density at radius 3 is 2.00 bits per heavy atom. The first-order valence-electron chi connectivity index (χ1n) is 6.34. The molecule has 0 heterocycles. The Kier molecular flexibility index (Phi) is 4.23. The summed E-state index contributed by atoms with van der Waals surface area (Å²) >= 11 is 0. The Labute approximate surface area is 122 Å². The third-order valence-electron chi connectivity index (χ3n) is 3.08. The summed E-state index contributed by atoms with van der Waals surface area (Å²) in [6, 6.07) is 12.4. The van der Waals surface area contributed by atoms with E-state index in [2.05, 4.69) is 0 Å². The highest BCUT2D eigenvalue weighted by Gasteiger charge is 2.12. The molecule has 0 saturated heterocycles. The minimum absolute atomic E-state index is 0.110. The lowest BCUT2D eigenvalue weighted by Crippen LogP contribution is -2.26. The van der Waals surface area contributed by atoms with Crippen LogP contribution in [0, 0.1) is 0 Å². The van der Waals surface area contributed by atoms with Gasteiger partial charge < -0.3 is 15.1 Å². The standard InChI is InChI=1S/C16H15NO4/c1-17(15(19)12-6-8-14(18)9-7-12)10-11-2-4-13(5-3-11)16(20)21/h2-9,18H,10H2,1H3,(H,20,21). The van der Waals surface area contributed by atoms with Crippen molar-refractivity contribution in [2.45, 2.75) is 6.54 Å². The topological polar surface area (TPSA) is 77.8 Å². The van der Waals surface area contributed by atoms with Gasteiger partial charge in [0.15, 0.2) is 0 Å². The van der Waals surface area contributed by atoms with Crippen LogP contribution in [-0.2, 0) is 6.54 Å². The predicted molar refractivity (Wildman–Crippen MR) is 77.3 cm³/mol. The summed E-state index contributed by atoms with van der Waals surface area (Å²) in [5.41, 5.74) is 1.54. The molecule has 0 aliphatic rings. The van der Waals surface area contributed by atoms with Gasteiger partial charge in [0.1, 0.15) is 5.75 Å². The Bertz CT molecular complexity index is 647. The molecule has 0 aromatic heterocycles. The van der Waals surface area contributed by atoms with Crippen LogP contribution in [0.5, 0.6) is 5.75 Å². The highest BCUT2D eigenvalue weighted by molar-refractivity contribution is 5.94. The fourth-order valence-electron chi connectivity index (χ4n) is 1.92. The number of phenols is 1. The summed E-state index contributed by atoms with van der Waals surface area (Å²) in [5.74, 6) is -1.04. The molecule has 0 radical (unpaired) electrons. The van der Waals surface area contributed by atoms with Crippen LogP contribution in [0.15, 0.2) is 48.5 Å². The van der Waals surface area contributed by atoms with E-state index >= 15 is 0 Å². The molecule has 5 heteroatoms. The molecule has 0 saturated carbocycles. The van der Waals surface area contributed by atoms with Gasteiger partial charge in [-0.3, -0.25) is 4.79 Å². The lowest BCUT2D eigenvalue weighted by atomic mass is 10.1. The SMILES string of the molecule is CN(Cc1ccc(C(=O)O)cc1)C(=O)c1ccc(O)cc1. The van der Waals surface area contributed by atoms with Crippen molar-refractivity contribution >= 4 is 11.9 Å². The van der Waals surface area contributed by atoms with Crippen molar-refractivity contribution in [3.05, 3.63) is 65.2 Å². The summed E-state index contributed by atoms with van der Waals surface area (Å²) in [6.07, 6.45) is 0. The largest absolute Gasteiger partial charge is 0.508 e. The number of carboxylic acid groups (broad SMARTS) is 1. The molecule has 0 atom stereocenters. The van der Waals surface area contributed by atoms with Crippen molar-refractivity contribution in [1.29, 1.82) is 0 Å². The van der Waals surface area contributed by atoms with E-state index in [1.807, 2.05) is 0 Å². The molecule has 5 nitrogen and oxygen atoms in total. The monoisotopic (exact) mass is 285 g/mol. The molecule has 2 aromatic rings. The number of amides is 1.